The lowest BCUT2D eigenvalue weighted by Gasteiger charge is -2.35. The fourth-order valence-electron chi connectivity index (χ4n) is 9.71. The Balaban J connectivity index is 1.16. The normalized spacial score (nSPS) is 13.0. The van der Waals surface area contributed by atoms with E-state index in [0.29, 0.717) is 0 Å². The van der Waals surface area contributed by atoms with Crippen molar-refractivity contribution in [1.82, 2.24) is 0 Å². The smallest absolute Gasteiger partial charge is 0.145 e. The molecule has 0 amide bonds. The summed E-state index contributed by atoms with van der Waals surface area (Å²) in [6.45, 7) is 0. The first-order chi connectivity index (χ1) is 28.8. The van der Waals surface area contributed by atoms with Crippen molar-refractivity contribution in [3.8, 4) is 22.3 Å². The second-order valence-electron chi connectivity index (χ2n) is 15.2. The van der Waals surface area contributed by atoms with Gasteiger partial charge in [0, 0.05) is 39.2 Å². The third kappa shape index (κ3) is 4.68. The Bertz CT molecular complexity index is 3310. The maximum atomic E-state index is 6.82. The molecule has 3 nitrogen and oxygen atoms in total. The van der Waals surface area contributed by atoms with Gasteiger partial charge in [0.1, 0.15) is 22.3 Å². The van der Waals surface area contributed by atoms with E-state index in [9.17, 15) is 0 Å². The SMILES string of the molecule is c1ccc(-c2ccc(N(c3cccc(C4(c5ccccc5)c5ccccc5-c5ccccc54)c3)c3ccc4c(c3)oc3ccccc34)c3c2oc2ccccc23)cc1. The summed E-state index contributed by atoms with van der Waals surface area (Å²) in [4.78, 5) is 2.39. The highest BCUT2D eigenvalue weighted by molar-refractivity contribution is 6.17. The fourth-order valence-corrected chi connectivity index (χ4v) is 9.71. The Hall–Kier alpha value is -7.62. The molecule has 0 bridgehead atoms. The molecule has 3 heteroatoms. The van der Waals surface area contributed by atoms with Crippen LogP contribution in [0.4, 0.5) is 17.1 Å². The minimum atomic E-state index is -0.548. The highest BCUT2D eigenvalue weighted by Gasteiger charge is 2.46. The summed E-state index contributed by atoms with van der Waals surface area (Å²) in [5, 5.41) is 4.32. The van der Waals surface area contributed by atoms with E-state index in [4.69, 9.17) is 8.83 Å². The molecule has 58 heavy (non-hydrogen) atoms. The van der Waals surface area contributed by atoms with E-state index in [1.54, 1.807) is 0 Å². The summed E-state index contributed by atoms with van der Waals surface area (Å²) in [5.41, 5.74) is 15.6. The van der Waals surface area contributed by atoms with E-state index in [1.165, 1.54) is 33.4 Å². The van der Waals surface area contributed by atoms with Crippen LogP contribution in [0.25, 0.3) is 66.1 Å². The van der Waals surface area contributed by atoms with Gasteiger partial charge in [0.25, 0.3) is 0 Å². The van der Waals surface area contributed by atoms with Crippen molar-refractivity contribution in [3.63, 3.8) is 0 Å². The quantitative estimate of drug-likeness (QED) is 0.170. The van der Waals surface area contributed by atoms with Crippen molar-refractivity contribution in [2.24, 2.45) is 0 Å². The Morgan fingerprint density at radius 1 is 0.362 bits per heavy atom. The third-order valence-electron chi connectivity index (χ3n) is 12.1. The molecular weight excluding hydrogens is 707 g/mol. The molecule has 1 aliphatic carbocycles. The lowest BCUT2D eigenvalue weighted by Crippen LogP contribution is -2.28. The molecule has 9 aromatic carbocycles. The average molecular weight is 742 g/mol. The molecule has 0 spiro atoms. The van der Waals surface area contributed by atoms with Crippen molar-refractivity contribution in [1.29, 1.82) is 0 Å². The highest BCUT2D eigenvalue weighted by atomic mass is 16.3. The molecule has 0 fully saturated rings. The standard InChI is InChI=1S/C55H35NO2/c1-3-16-36(17-4-1)41-32-33-49(53-46-25-10-14-29-51(46)58-54(41)53)56(40-30-31-45-44-24-9-13-28-50(44)57-52(45)35-40)39-21-15-20-38(34-39)55(37-18-5-2-6-19-37)47-26-11-7-22-42(47)43-23-8-12-27-48(43)55/h1-35H. The molecule has 12 rings (SSSR count). The van der Waals surface area contributed by atoms with Crippen LogP contribution in [-0.4, -0.2) is 0 Å². The van der Waals surface area contributed by atoms with Gasteiger partial charge in [0.2, 0.25) is 0 Å². The Labute approximate surface area is 335 Å². The van der Waals surface area contributed by atoms with Gasteiger partial charge >= 0.3 is 0 Å². The molecule has 272 valence electrons. The predicted molar refractivity (Wildman–Crippen MR) is 238 cm³/mol. The lowest BCUT2D eigenvalue weighted by molar-refractivity contribution is 0.669. The van der Waals surface area contributed by atoms with Gasteiger partial charge in [-0.2, -0.15) is 0 Å². The zero-order valence-corrected chi connectivity index (χ0v) is 31.5. The molecule has 0 N–H and O–H groups in total. The third-order valence-corrected chi connectivity index (χ3v) is 12.1. The van der Waals surface area contributed by atoms with Crippen LogP contribution in [-0.2, 0) is 5.41 Å². The number of nitrogens with zero attached hydrogens (tertiary/aromatic N) is 1. The number of anilines is 3. The van der Waals surface area contributed by atoms with Crippen molar-refractivity contribution in [2.45, 2.75) is 5.41 Å². The van der Waals surface area contributed by atoms with Gasteiger partial charge in [-0.15, -0.1) is 0 Å². The van der Waals surface area contributed by atoms with Crippen LogP contribution >= 0.6 is 0 Å². The zero-order chi connectivity index (χ0) is 38.2. The molecule has 0 saturated carbocycles. The minimum Gasteiger partial charge on any atom is -0.456 e. The summed E-state index contributed by atoms with van der Waals surface area (Å²) < 4.78 is 13.4. The molecule has 2 heterocycles. The van der Waals surface area contributed by atoms with Crippen LogP contribution in [0.15, 0.2) is 221 Å². The molecule has 11 aromatic rings. The van der Waals surface area contributed by atoms with E-state index in [0.717, 1.165) is 72.1 Å². The average Bonchev–Trinajstić information content (AvgIpc) is 3.96. The second kappa shape index (κ2) is 12.7. The van der Waals surface area contributed by atoms with Crippen LogP contribution in [0, 0.1) is 0 Å². The van der Waals surface area contributed by atoms with Crippen molar-refractivity contribution in [2.75, 3.05) is 4.90 Å². The first-order valence-electron chi connectivity index (χ1n) is 19.8. The van der Waals surface area contributed by atoms with E-state index in [2.05, 4.69) is 199 Å². The summed E-state index contributed by atoms with van der Waals surface area (Å²) in [7, 11) is 0. The first-order valence-corrected chi connectivity index (χ1v) is 19.8. The molecule has 0 radical (unpaired) electrons. The monoisotopic (exact) mass is 741 g/mol. The first kappa shape index (κ1) is 32.6. The Morgan fingerprint density at radius 3 is 1.71 bits per heavy atom. The number of furan rings is 2. The van der Waals surface area contributed by atoms with Crippen LogP contribution < -0.4 is 4.90 Å². The summed E-state index contributed by atoms with van der Waals surface area (Å²) in [6.07, 6.45) is 0. The molecule has 0 atom stereocenters. The molecule has 2 aromatic heterocycles. The van der Waals surface area contributed by atoms with Gasteiger partial charge in [-0.05, 0) is 87.5 Å². The summed E-state index contributed by atoms with van der Waals surface area (Å²) in [5.74, 6) is 0. The maximum absolute atomic E-state index is 6.82. The number of hydrogen-bond acceptors (Lipinski definition) is 3. The number of para-hydroxylation sites is 2. The van der Waals surface area contributed by atoms with Gasteiger partial charge < -0.3 is 13.7 Å². The van der Waals surface area contributed by atoms with Gasteiger partial charge in [0.15, 0.2) is 0 Å². The predicted octanol–water partition coefficient (Wildman–Crippen LogP) is 15.0. The van der Waals surface area contributed by atoms with E-state index in [1.807, 2.05) is 18.2 Å². The fraction of sp³-hybridized carbons (Fsp3) is 0.0182. The van der Waals surface area contributed by atoms with Crippen LogP contribution in [0.1, 0.15) is 22.3 Å². The van der Waals surface area contributed by atoms with Gasteiger partial charge in [-0.25, -0.2) is 0 Å². The van der Waals surface area contributed by atoms with Crippen LogP contribution in [0.5, 0.6) is 0 Å². The molecular formula is C55H35NO2. The number of fused-ring (bicyclic) bond motifs is 9. The van der Waals surface area contributed by atoms with E-state index < -0.39 is 5.41 Å². The lowest BCUT2D eigenvalue weighted by atomic mass is 9.67. The largest absolute Gasteiger partial charge is 0.456 e. The number of rotatable bonds is 6. The topological polar surface area (TPSA) is 29.5 Å². The van der Waals surface area contributed by atoms with Crippen molar-refractivity contribution in [3.05, 3.63) is 235 Å². The maximum Gasteiger partial charge on any atom is 0.145 e. The molecule has 0 saturated heterocycles. The minimum absolute atomic E-state index is 0.548. The number of hydrogen-bond donors (Lipinski definition) is 0. The Morgan fingerprint density at radius 2 is 0.948 bits per heavy atom. The van der Waals surface area contributed by atoms with E-state index in [-0.39, 0.29) is 0 Å². The Kier molecular flexibility index (Phi) is 7.14. The summed E-state index contributed by atoms with van der Waals surface area (Å²) >= 11 is 0. The van der Waals surface area contributed by atoms with Crippen molar-refractivity contribution >= 4 is 60.9 Å². The van der Waals surface area contributed by atoms with Gasteiger partial charge in [-0.1, -0.05) is 158 Å². The summed E-state index contributed by atoms with van der Waals surface area (Å²) in [6, 6.07) is 76.2. The van der Waals surface area contributed by atoms with Gasteiger partial charge in [0.05, 0.1) is 16.5 Å². The van der Waals surface area contributed by atoms with Crippen LogP contribution in [0.2, 0.25) is 0 Å². The number of benzene rings is 9. The molecule has 0 unspecified atom stereocenters. The zero-order valence-electron chi connectivity index (χ0n) is 31.5. The van der Waals surface area contributed by atoms with Gasteiger partial charge in [-0.3, -0.25) is 0 Å². The highest BCUT2D eigenvalue weighted by Crippen LogP contribution is 2.57. The molecule has 0 aliphatic heterocycles. The van der Waals surface area contributed by atoms with E-state index >= 15 is 0 Å². The second-order valence-corrected chi connectivity index (χ2v) is 15.2. The van der Waals surface area contributed by atoms with Crippen LogP contribution in [0.3, 0.4) is 0 Å². The molecule has 1 aliphatic rings. The van der Waals surface area contributed by atoms with Crippen molar-refractivity contribution < 1.29 is 8.83 Å².